The van der Waals surface area contributed by atoms with Crippen LogP contribution in [0.5, 0.6) is 0 Å². The first kappa shape index (κ1) is 11.5. The topological polar surface area (TPSA) is 43.1 Å². The number of carbonyl (C=O) groups excluding carboxylic acids is 1. The fraction of sp³-hybridized carbons (Fsp3) is 0.500. The Morgan fingerprint density at radius 1 is 1.53 bits per heavy atom. The largest absolute Gasteiger partial charge is 0.321 e. The maximum atomic E-state index is 11.5. The second kappa shape index (κ2) is 4.45. The number of nitrogens with two attached hydrogens (primary N) is 1. The third-order valence-corrected chi connectivity index (χ3v) is 5.24. The van der Waals surface area contributed by atoms with Gasteiger partial charge in [-0.2, -0.15) is 0 Å². The summed E-state index contributed by atoms with van der Waals surface area (Å²) in [5.41, 5.74) is 5.87. The van der Waals surface area contributed by atoms with Gasteiger partial charge in [-0.15, -0.1) is 23.1 Å². The van der Waals surface area contributed by atoms with Crippen LogP contribution in [0.3, 0.4) is 0 Å². The number of halogens is 1. The van der Waals surface area contributed by atoms with E-state index in [1.54, 1.807) is 23.1 Å². The molecule has 5 heteroatoms. The number of ketones is 1. The number of thioether (sulfide) groups is 1. The lowest BCUT2D eigenvalue weighted by Gasteiger charge is -2.11. The fourth-order valence-corrected chi connectivity index (χ4v) is 4.35. The van der Waals surface area contributed by atoms with Crippen LogP contribution in [0.4, 0.5) is 0 Å². The van der Waals surface area contributed by atoms with Crippen LogP contribution in [0.2, 0.25) is 4.34 Å². The van der Waals surface area contributed by atoms with Crippen molar-refractivity contribution in [3.63, 3.8) is 0 Å². The summed E-state index contributed by atoms with van der Waals surface area (Å²) in [5.74, 6) is 0.174. The highest BCUT2D eigenvalue weighted by atomic mass is 35.5. The van der Waals surface area contributed by atoms with Gasteiger partial charge in [0.05, 0.1) is 15.6 Å². The average Bonchev–Trinajstić information content (AvgIpc) is 2.68. The zero-order chi connectivity index (χ0) is 11.0. The molecular weight excluding hydrogens is 250 g/mol. The summed E-state index contributed by atoms with van der Waals surface area (Å²) < 4.78 is 0.793. The van der Waals surface area contributed by atoms with Gasteiger partial charge in [0.15, 0.2) is 5.78 Å². The zero-order valence-corrected chi connectivity index (χ0v) is 10.7. The minimum atomic E-state index is -0.314. The molecule has 0 saturated carbocycles. The van der Waals surface area contributed by atoms with Crippen molar-refractivity contribution in [1.29, 1.82) is 0 Å². The summed E-state index contributed by atoms with van der Waals surface area (Å²) in [7, 11) is 0. The van der Waals surface area contributed by atoms with Crippen molar-refractivity contribution < 1.29 is 4.79 Å². The summed E-state index contributed by atoms with van der Waals surface area (Å²) in [6, 6.07) is 3.58. The lowest BCUT2D eigenvalue weighted by molar-refractivity contribution is -0.118. The predicted molar refractivity (Wildman–Crippen MR) is 66.9 cm³/mol. The van der Waals surface area contributed by atoms with E-state index < -0.39 is 0 Å². The second-order valence-corrected chi connectivity index (χ2v) is 7.04. The first-order valence-electron chi connectivity index (χ1n) is 4.77. The van der Waals surface area contributed by atoms with Gasteiger partial charge in [0.1, 0.15) is 0 Å². The van der Waals surface area contributed by atoms with Crippen molar-refractivity contribution in [3.8, 4) is 0 Å². The third-order valence-electron chi connectivity index (χ3n) is 2.54. The van der Waals surface area contributed by atoms with E-state index in [0.717, 1.165) is 10.8 Å². The Kier molecular flexibility index (Phi) is 3.40. The molecule has 2 rings (SSSR count). The summed E-state index contributed by atoms with van der Waals surface area (Å²) in [6.07, 6.45) is 0.847. The molecule has 2 heterocycles. The van der Waals surface area contributed by atoms with Gasteiger partial charge in [0.2, 0.25) is 0 Å². The van der Waals surface area contributed by atoms with Gasteiger partial charge in [0.25, 0.3) is 0 Å². The standard InChI is InChI=1S/C10H12ClNOS2/c1-5-10(13)9(12)7(14-5)4-6-2-3-8(11)15-6/h2-3,5,7,9H,4,12H2,1H3. The summed E-state index contributed by atoms with van der Waals surface area (Å²) in [6.45, 7) is 1.92. The molecular formula is C10H12ClNOS2. The number of hydrogen-bond donors (Lipinski definition) is 1. The third kappa shape index (κ3) is 2.38. The Morgan fingerprint density at radius 3 is 2.73 bits per heavy atom. The Morgan fingerprint density at radius 2 is 2.27 bits per heavy atom. The van der Waals surface area contributed by atoms with Crippen molar-refractivity contribution >= 4 is 40.5 Å². The van der Waals surface area contributed by atoms with Gasteiger partial charge in [-0.1, -0.05) is 11.6 Å². The lowest BCUT2D eigenvalue weighted by Crippen LogP contribution is -2.36. The van der Waals surface area contributed by atoms with Gasteiger partial charge in [-0.3, -0.25) is 4.79 Å². The Hall–Kier alpha value is -0.0300. The van der Waals surface area contributed by atoms with E-state index in [1.807, 2.05) is 19.1 Å². The molecule has 0 radical (unpaired) electrons. The second-order valence-electron chi connectivity index (χ2n) is 3.65. The van der Waals surface area contributed by atoms with Gasteiger partial charge in [-0.05, 0) is 25.5 Å². The van der Waals surface area contributed by atoms with Crippen LogP contribution in [0.1, 0.15) is 11.8 Å². The Bertz CT molecular complexity index is 379. The first-order valence-corrected chi connectivity index (χ1v) is 6.90. The highest BCUT2D eigenvalue weighted by Crippen LogP contribution is 2.34. The summed E-state index contributed by atoms with van der Waals surface area (Å²) in [5, 5.41) is 0.252. The first-order chi connectivity index (χ1) is 7.08. The van der Waals surface area contributed by atoms with E-state index >= 15 is 0 Å². The normalized spacial score (nSPS) is 31.1. The van der Waals surface area contributed by atoms with Gasteiger partial charge in [-0.25, -0.2) is 0 Å². The average molecular weight is 262 g/mol. The van der Waals surface area contributed by atoms with E-state index in [-0.39, 0.29) is 22.3 Å². The van der Waals surface area contributed by atoms with Crippen molar-refractivity contribution in [3.05, 3.63) is 21.3 Å². The minimum Gasteiger partial charge on any atom is -0.321 e. The highest BCUT2D eigenvalue weighted by Gasteiger charge is 2.37. The van der Waals surface area contributed by atoms with Crippen LogP contribution >= 0.6 is 34.7 Å². The maximum Gasteiger partial charge on any atom is 0.163 e. The van der Waals surface area contributed by atoms with E-state index in [1.165, 1.54) is 4.88 Å². The number of Topliss-reactive ketones (excluding diaryl/α,β-unsaturated/α-hetero) is 1. The van der Waals surface area contributed by atoms with Crippen LogP contribution in [0.15, 0.2) is 12.1 Å². The zero-order valence-electron chi connectivity index (χ0n) is 8.27. The van der Waals surface area contributed by atoms with E-state index in [4.69, 9.17) is 17.3 Å². The lowest BCUT2D eigenvalue weighted by atomic mass is 10.1. The molecule has 1 aromatic rings. The van der Waals surface area contributed by atoms with Crippen molar-refractivity contribution in [2.75, 3.05) is 0 Å². The molecule has 0 spiro atoms. The molecule has 3 atom stereocenters. The summed E-state index contributed by atoms with van der Waals surface area (Å²) in [4.78, 5) is 12.7. The number of thiophene rings is 1. The number of rotatable bonds is 2. The van der Waals surface area contributed by atoms with Crippen LogP contribution in [0, 0.1) is 0 Å². The fourth-order valence-electron chi connectivity index (χ4n) is 1.70. The van der Waals surface area contributed by atoms with Gasteiger partial charge in [0, 0.05) is 10.1 Å². The number of carbonyl (C=O) groups is 1. The smallest absolute Gasteiger partial charge is 0.163 e. The highest BCUT2D eigenvalue weighted by molar-refractivity contribution is 8.01. The molecule has 82 valence electrons. The van der Waals surface area contributed by atoms with Crippen molar-refractivity contribution in [1.82, 2.24) is 0 Å². The summed E-state index contributed by atoms with van der Waals surface area (Å²) >= 11 is 9.09. The molecule has 0 aliphatic carbocycles. The number of hydrogen-bond acceptors (Lipinski definition) is 4. The molecule has 0 aromatic carbocycles. The molecule has 0 bridgehead atoms. The van der Waals surface area contributed by atoms with Crippen LogP contribution in [0.25, 0.3) is 0 Å². The molecule has 3 unspecified atom stereocenters. The van der Waals surface area contributed by atoms with Crippen LogP contribution in [-0.4, -0.2) is 22.3 Å². The molecule has 1 aliphatic rings. The Balaban J connectivity index is 2.04. The van der Waals surface area contributed by atoms with E-state index in [2.05, 4.69) is 0 Å². The maximum absolute atomic E-state index is 11.5. The van der Waals surface area contributed by atoms with Crippen LogP contribution < -0.4 is 5.73 Å². The van der Waals surface area contributed by atoms with Gasteiger partial charge >= 0.3 is 0 Å². The molecule has 2 nitrogen and oxygen atoms in total. The minimum absolute atomic E-state index is 0.0421. The quantitative estimate of drug-likeness (QED) is 0.889. The van der Waals surface area contributed by atoms with E-state index in [0.29, 0.717) is 0 Å². The molecule has 0 amide bonds. The van der Waals surface area contributed by atoms with E-state index in [9.17, 15) is 4.79 Å². The monoisotopic (exact) mass is 261 g/mol. The van der Waals surface area contributed by atoms with Crippen molar-refractivity contribution in [2.24, 2.45) is 5.73 Å². The Labute approximate surface area is 102 Å². The molecule has 2 N–H and O–H groups in total. The van der Waals surface area contributed by atoms with Crippen LogP contribution in [-0.2, 0) is 11.2 Å². The SMILES string of the molecule is CC1SC(Cc2ccc(Cl)s2)C(N)C1=O. The van der Waals surface area contributed by atoms with Crippen molar-refractivity contribution in [2.45, 2.75) is 29.9 Å². The molecule has 1 saturated heterocycles. The molecule has 1 fully saturated rings. The molecule has 1 aromatic heterocycles. The molecule has 1 aliphatic heterocycles. The molecule has 15 heavy (non-hydrogen) atoms. The predicted octanol–water partition coefficient (Wildman–Crippen LogP) is 2.34. The van der Waals surface area contributed by atoms with Gasteiger partial charge < -0.3 is 5.73 Å².